The number of benzene rings is 3. The molecule has 0 spiro atoms. The van der Waals surface area contributed by atoms with Gasteiger partial charge in [0.2, 0.25) is 0 Å². The lowest BCUT2D eigenvalue weighted by Crippen LogP contribution is -2.30. The number of amides is 2. The van der Waals surface area contributed by atoms with Crippen LogP contribution in [0.4, 0.5) is 14.5 Å². The van der Waals surface area contributed by atoms with Gasteiger partial charge in [0.15, 0.2) is 0 Å². The molecule has 0 aliphatic carbocycles. The third-order valence-corrected chi connectivity index (χ3v) is 5.73. The van der Waals surface area contributed by atoms with Crippen molar-refractivity contribution in [1.82, 2.24) is 0 Å². The van der Waals surface area contributed by atoms with Gasteiger partial charge in [0.25, 0.3) is 11.8 Å². The van der Waals surface area contributed by atoms with Crippen LogP contribution in [0.2, 0.25) is 5.02 Å². The number of aliphatic carboxylic acids is 1. The van der Waals surface area contributed by atoms with Gasteiger partial charge in [-0.05, 0) is 35.1 Å². The highest BCUT2D eigenvalue weighted by Gasteiger charge is 2.43. The molecule has 0 unspecified atom stereocenters. The Kier molecular flexibility index (Phi) is 6.03. The first-order chi connectivity index (χ1) is 15.7. The molecule has 0 saturated heterocycles. The standard InChI is InChI=1S/C24H18ClF2NO5/c1-2-5-14-13-6-3-4-7-15(13)21(33-24(26)27)20-19(14)22(31)28(23(20)32)17-9-8-12(10-16(17)25)11-18(29)30/h3-4,6-10,24H,2,5,11H2,1H3,(H,29,30). The molecular weight excluding hydrogens is 456 g/mol. The number of ether oxygens (including phenoxy) is 1. The molecule has 1 aliphatic rings. The minimum Gasteiger partial charge on any atom is -0.481 e. The average molecular weight is 474 g/mol. The SMILES string of the molecule is CCCc1c2c(c(OC(F)F)c3ccccc13)C(=O)N(c1ccc(CC(=O)O)cc1Cl)C2=O. The average Bonchev–Trinajstić information content (AvgIpc) is 3.00. The highest BCUT2D eigenvalue weighted by molar-refractivity contribution is 6.41. The maximum absolute atomic E-state index is 13.5. The number of imide groups is 1. The van der Waals surface area contributed by atoms with E-state index >= 15 is 0 Å². The van der Waals surface area contributed by atoms with Gasteiger partial charge in [0.05, 0.1) is 28.3 Å². The molecular formula is C24H18ClF2NO5. The summed E-state index contributed by atoms with van der Waals surface area (Å²) in [6.45, 7) is -1.30. The molecule has 1 N–H and O–H groups in total. The third kappa shape index (κ3) is 3.91. The van der Waals surface area contributed by atoms with Gasteiger partial charge in [-0.1, -0.05) is 55.3 Å². The van der Waals surface area contributed by atoms with E-state index < -0.39 is 24.4 Å². The van der Waals surface area contributed by atoms with E-state index in [1.807, 2.05) is 6.92 Å². The molecule has 1 heterocycles. The van der Waals surface area contributed by atoms with Crippen LogP contribution in [0.1, 0.15) is 45.2 Å². The van der Waals surface area contributed by atoms with Gasteiger partial charge in [-0.25, -0.2) is 4.90 Å². The van der Waals surface area contributed by atoms with Crippen molar-refractivity contribution in [3.05, 3.63) is 69.7 Å². The number of aryl methyl sites for hydroxylation is 1. The Balaban J connectivity index is 1.95. The molecule has 0 fully saturated rings. The Morgan fingerprint density at radius 2 is 1.76 bits per heavy atom. The number of carbonyl (C=O) groups is 3. The van der Waals surface area contributed by atoms with Crippen molar-refractivity contribution >= 4 is 45.8 Å². The second-order valence-electron chi connectivity index (χ2n) is 7.53. The Morgan fingerprint density at radius 1 is 1.09 bits per heavy atom. The number of hydrogen-bond donors (Lipinski definition) is 1. The summed E-state index contributed by atoms with van der Waals surface area (Å²) in [5, 5.41) is 9.83. The van der Waals surface area contributed by atoms with E-state index in [4.69, 9.17) is 21.4 Å². The van der Waals surface area contributed by atoms with Crippen LogP contribution in [-0.4, -0.2) is 29.5 Å². The number of alkyl halides is 2. The highest BCUT2D eigenvalue weighted by atomic mass is 35.5. The summed E-state index contributed by atoms with van der Waals surface area (Å²) >= 11 is 6.31. The van der Waals surface area contributed by atoms with E-state index in [9.17, 15) is 23.2 Å². The summed E-state index contributed by atoms with van der Waals surface area (Å²) in [6, 6.07) is 10.8. The molecule has 9 heteroatoms. The van der Waals surface area contributed by atoms with E-state index in [1.165, 1.54) is 18.2 Å². The molecule has 0 bridgehead atoms. The monoisotopic (exact) mass is 473 g/mol. The van der Waals surface area contributed by atoms with Gasteiger partial charge in [0, 0.05) is 5.39 Å². The lowest BCUT2D eigenvalue weighted by molar-refractivity contribution is -0.136. The van der Waals surface area contributed by atoms with Crippen LogP contribution in [0.3, 0.4) is 0 Å². The quantitative estimate of drug-likeness (QED) is 0.460. The van der Waals surface area contributed by atoms with Crippen molar-refractivity contribution in [3.63, 3.8) is 0 Å². The molecule has 0 saturated carbocycles. The molecule has 2 amide bonds. The second-order valence-corrected chi connectivity index (χ2v) is 7.94. The fourth-order valence-electron chi connectivity index (χ4n) is 4.19. The van der Waals surface area contributed by atoms with Crippen molar-refractivity contribution < 1.29 is 33.0 Å². The molecule has 3 aromatic carbocycles. The summed E-state index contributed by atoms with van der Waals surface area (Å²) in [6.07, 6.45) is 0.800. The van der Waals surface area contributed by atoms with Crippen molar-refractivity contribution in [2.45, 2.75) is 32.8 Å². The normalized spacial score (nSPS) is 13.2. The van der Waals surface area contributed by atoms with Gasteiger partial charge in [0.1, 0.15) is 5.75 Å². The predicted molar refractivity (Wildman–Crippen MR) is 119 cm³/mol. The number of nitrogens with zero attached hydrogens (tertiary/aromatic N) is 1. The molecule has 3 aromatic rings. The first kappa shape index (κ1) is 22.7. The summed E-state index contributed by atoms with van der Waals surface area (Å²) in [4.78, 5) is 38.8. The lowest BCUT2D eigenvalue weighted by atomic mass is 9.91. The number of anilines is 1. The zero-order chi connectivity index (χ0) is 23.9. The van der Waals surface area contributed by atoms with E-state index in [0.29, 0.717) is 34.7 Å². The largest absolute Gasteiger partial charge is 0.481 e. The van der Waals surface area contributed by atoms with Crippen LogP contribution in [0.15, 0.2) is 42.5 Å². The predicted octanol–water partition coefficient (Wildman–Crippen LogP) is 5.47. The lowest BCUT2D eigenvalue weighted by Gasteiger charge is -2.16. The van der Waals surface area contributed by atoms with Gasteiger partial charge >= 0.3 is 12.6 Å². The number of halogens is 3. The van der Waals surface area contributed by atoms with E-state index in [-0.39, 0.29) is 34.0 Å². The summed E-state index contributed by atoms with van der Waals surface area (Å²) in [7, 11) is 0. The summed E-state index contributed by atoms with van der Waals surface area (Å²) in [5.41, 5.74) is 0.776. The molecule has 0 atom stereocenters. The van der Waals surface area contributed by atoms with Crippen LogP contribution in [0.5, 0.6) is 5.75 Å². The van der Waals surface area contributed by atoms with E-state index in [2.05, 4.69) is 0 Å². The molecule has 0 aromatic heterocycles. The van der Waals surface area contributed by atoms with E-state index in [1.54, 1.807) is 24.3 Å². The minimum absolute atomic E-state index is 0.0128. The molecule has 6 nitrogen and oxygen atoms in total. The maximum Gasteiger partial charge on any atom is 0.387 e. The fraction of sp³-hybridized carbons (Fsp3) is 0.208. The Labute approximate surface area is 192 Å². The van der Waals surface area contributed by atoms with Crippen LogP contribution < -0.4 is 9.64 Å². The van der Waals surface area contributed by atoms with Gasteiger partial charge in [-0.15, -0.1) is 0 Å². The van der Waals surface area contributed by atoms with Crippen molar-refractivity contribution in [2.24, 2.45) is 0 Å². The van der Waals surface area contributed by atoms with Crippen molar-refractivity contribution in [1.29, 1.82) is 0 Å². The highest BCUT2D eigenvalue weighted by Crippen LogP contribution is 2.44. The van der Waals surface area contributed by atoms with Crippen molar-refractivity contribution in [2.75, 3.05) is 4.90 Å². The van der Waals surface area contributed by atoms with Crippen LogP contribution in [-0.2, 0) is 17.6 Å². The fourth-order valence-corrected chi connectivity index (χ4v) is 4.48. The van der Waals surface area contributed by atoms with Crippen molar-refractivity contribution in [3.8, 4) is 5.75 Å². The smallest absolute Gasteiger partial charge is 0.387 e. The van der Waals surface area contributed by atoms with E-state index in [0.717, 1.165) is 4.90 Å². The number of carbonyl (C=O) groups excluding carboxylic acids is 2. The molecule has 0 radical (unpaired) electrons. The van der Waals surface area contributed by atoms with Crippen LogP contribution in [0.25, 0.3) is 10.8 Å². The van der Waals surface area contributed by atoms with Gasteiger partial charge in [-0.3, -0.25) is 14.4 Å². The molecule has 4 rings (SSSR count). The number of carboxylic acid groups (broad SMARTS) is 1. The van der Waals surface area contributed by atoms with Gasteiger partial charge < -0.3 is 9.84 Å². The summed E-state index contributed by atoms with van der Waals surface area (Å²) < 4.78 is 31.4. The maximum atomic E-state index is 13.5. The van der Waals surface area contributed by atoms with Crippen LogP contribution in [0, 0.1) is 0 Å². The Morgan fingerprint density at radius 3 is 2.36 bits per heavy atom. The van der Waals surface area contributed by atoms with Gasteiger partial charge in [-0.2, -0.15) is 8.78 Å². The zero-order valence-corrected chi connectivity index (χ0v) is 18.2. The number of rotatable bonds is 7. The Hall–Kier alpha value is -3.52. The molecule has 170 valence electrons. The summed E-state index contributed by atoms with van der Waals surface area (Å²) in [5.74, 6) is -2.95. The molecule has 1 aliphatic heterocycles. The number of hydrogen-bond acceptors (Lipinski definition) is 4. The number of fused-ring (bicyclic) bond motifs is 2. The zero-order valence-electron chi connectivity index (χ0n) is 17.4. The number of carboxylic acids is 1. The first-order valence-electron chi connectivity index (χ1n) is 10.2. The second kappa shape index (κ2) is 8.78. The Bertz CT molecular complexity index is 1310. The van der Waals surface area contributed by atoms with Crippen LogP contribution >= 0.6 is 11.6 Å². The minimum atomic E-state index is -3.20. The third-order valence-electron chi connectivity index (χ3n) is 5.42. The first-order valence-corrected chi connectivity index (χ1v) is 10.5. The molecule has 33 heavy (non-hydrogen) atoms. The topological polar surface area (TPSA) is 83.9 Å².